The predicted molar refractivity (Wildman–Crippen MR) is 402 cm³/mol. The molecule has 1 fully saturated rings. The van der Waals surface area contributed by atoms with Gasteiger partial charge in [0, 0.05) is 87.1 Å². The first-order chi connectivity index (χ1) is 52.0. The largest absolute Gasteiger partial charge is 0.481 e. The summed E-state index contributed by atoms with van der Waals surface area (Å²) in [4.78, 5) is 240. The first-order valence-electron chi connectivity index (χ1n) is 35.4. The molecule has 1 aliphatic heterocycles. The van der Waals surface area contributed by atoms with E-state index in [0.717, 1.165) is 11.8 Å². The molecule has 0 spiro atoms. The summed E-state index contributed by atoms with van der Waals surface area (Å²) in [5.41, 5.74) is 12.6. The molecule has 0 saturated carbocycles. The van der Waals surface area contributed by atoms with E-state index in [1.165, 1.54) is 47.9 Å². The van der Waals surface area contributed by atoms with Crippen LogP contribution in [-0.4, -0.2) is 297 Å². The summed E-state index contributed by atoms with van der Waals surface area (Å²) in [6, 6.07) is -7.20. The normalized spacial score (nSPS) is 15.0. The number of hydrogen-bond acceptors (Lipinski definition) is 24. The lowest BCUT2D eigenvalue weighted by atomic mass is 10.0. The highest BCUT2D eigenvalue weighted by Gasteiger charge is 2.37. The SMILES string of the molecule is CSCC[C@H](NC(=O)[C@H](CC(C)C)NC(=O)[C@H](Cc1cnc[nH]1)NC(=O)CNC(=O)[C@@H](NC(=O)[C@H](C)NC(=O)[C@H](Cc1c[nH]c2ccccc12)NC(=O)[C@H](CCC(N)=O)N[C@@H](CC(=O)O)C(=O)NC(=O)CN1CCN(C(=O)CNC(=O)[C@H](CSCNC(C)=O)NC(=O)[C@H](CO)NC(=O)CN(C)C)CC1)C(C)C)C(N)=O. The highest BCUT2D eigenvalue weighted by atomic mass is 32.2. The Hall–Kier alpha value is -10.3. The molecule has 0 bridgehead atoms. The van der Waals surface area contributed by atoms with Gasteiger partial charge in [0.1, 0.15) is 48.3 Å². The van der Waals surface area contributed by atoms with Crippen LogP contribution in [-0.2, 0) is 94.3 Å². The zero-order chi connectivity index (χ0) is 81.9. The molecule has 0 aliphatic carbocycles. The molecule has 42 heteroatoms. The number of primary amides is 2. The van der Waals surface area contributed by atoms with Crippen molar-refractivity contribution in [3.63, 3.8) is 0 Å². The Labute approximate surface area is 643 Å². The molecule has 4 rings (SSSR count). The van der Waals surface area contributed by atoms with E-state index >= 15 is 0 Å². The van der Waals surface area contributed by atoms with E-state index in [4.69, 9.17) is 11.5 Å². The van der Waals surface area contributed by atoms with Crippen LogP contribution in [0.1, 0.15) is 84.9 Å². The lowest BCUT2D eigenvalue weighted by Gasteiger charge is -2.34. The number of aliphatic carboxylic acids is 1. The fraction of sp³-hybridized carbons (Fsp3) is 0.588. The number of imide groups is 1. The van der Waals surface area contributed by atoms with Crippen molar-refractivity contribution >= 4 is 135 Å². The molecule has 110 heavy (non-hydrogen) atoms. The number of rotatable bonds is 48. The summed E-state index contributed by atoms with van der Waals surface area (Å²) in [6.07, 6.45) is 4.10. The van der Waals surface area contributed by atoms with Crippen LogP contribution in [0.2, 0.25) is 0 Å². The van der Waals surface area contributed by atoms with Crippen molar-refractivity contribution in [1.29, 1.82) is 0 Å². The van der Waals surface area contributed by atoms with Gasteiger partial charge in [-0.05, 0) is 75.8 Å². The van der Waals surface area contributed by atoms with Crippen molar-refractivity contribution in [2.75, 3.05) is 96.7 Å². The Kier molecular flexibility index (Phi) is 39.3. The minimum absolute atomic E-state index is 0.0245. The minimum Gasteiger partial charge on any atom is -0.481 e. The van der Waals surface area contributed by atoms with E-state index in [-0.39, 0.29) is 81.9 Å². The maximum Gasteiger partial charge on any atom is 0.305 e. The number of imidazole rings is 1. The molecule has 608 valence electrons. The number of thioether (sulfide) groups is 2. The van der Waals surface area contributed by atoms with Crippen LogP contribution in [0.3, 0.4) is 0 Å². The molecule has 2 aromatic heterocycles. The number of H-pyrrole nitrogens is 2. The van der Waals surface area contributed by atoms with Crippen molar-refractivity contribution in [2.24, 2.45) is 23.3 Å². The van der Waals surface area contributed by atoms with E-state index in [1.54, 1.807) is 63.3 Å². The summed E-state index contributed by atoms with van der Waals surface area (Å²) in [6.45, 7) is 6.93. The van der Waals surface area contributed by atoms with Crippen LogP contribution in [0.5, 0.6) is 0 Å². The number of hydrogen-bond donors (Lipinski definition) is 19. The monoisotopic (exact) mass is 1580 g/mol. The Morgan fingerprint density at radius 3 is 1.85 bits per heavy atom. The minimum atomic E-state index is -1.85. The number of nitrogens with zero attached hydrogens (tertiary/aromatic N) is 4. The summed E-state index contributed by atoms with van der Waals surface area (Å²) in [5, 5.41) is 53.1. The quantitative estimate of drug-likeness (QED) is 0.0185. The summed E-state index contributed by atoms with van der Waals surface area (Å²) in [7, 11) is 3.23. The van der Waals surface area contributed by atoms with Crippen LogP contribution in [0.4, 0.5) is 0 Å². The zero-order valence-electron chi connectivity index (χ0n) is 63.0. The molecular weight excluding hydrogens is 1480 g/mol. The molecule has 21 N–H and O–H groups in total. The lowest BCUT2D eigenvalue weighted by Crippen LogP contribution is -2.60. The van der Waals surface area contributed by atoms with Gasteiger partial charge in [-0.1, -0.05) is 45.9 Å². The number of aliphatic hydroxyl groups excluding tert-OH is 1. The van der Waals surface area contributed by atoms with E-state index in [1.807, 2.05) is 20.1 Å². The number of carbonyl (C=O) groups excluding carboxylic acids is 16. The Morgan fingerprint density at radius 1 is 0.627 bits per heavy atom. The third kappa shape index (κ3) is 32.9. The molecule has 1 saturated heterocycles. The number of nitrogens with one attached hydrogen (secondary N) is 15. The number of aliphatic hydroxyl groups is 1. The molecule has 3 heterocycles. The van der Waals surface area contributed by atoms with Gasteiger partial charge in [-0.3, -0.25) is 97.0 Å². The fourth-order valence-corrected chi connectivity index (χ4v) is 12.4. The van der Waals surface area contributed by atoms with Crippen LogP contribution in [0.25, 0.3) is 10.9 Å². The fourth-order valence-electron chi connectivity index (χ4n) is 11.1. The smallest absolute Gasteiger partial charge is 0.305 e. The second-order valence-corrected chi connectivity index (χ2v) is 29.2. The van der Waals surface area contributed by atoms with Crippen LogP contribution in [0.15, 0.2) is 43.0 Å². The van der Waals surface area contributed by atoms with Gasteiger partial charge in [0.15, 0.2) is 0 Å². The van der Waals surface area contributed by atoms with Crippen molar-refractivity contribution in [2.45, 2.75) is 147 Å². The van der Waals surface area contributed by atoms with Crippen molar-refractivity contribution in [3.8, 4) is 0 Å². The van der Waals surface area contributed by atoms with Crippen molar-refractivity contribution in [3.05, 3.63) is 54.2 Å². The van der Waals surface area contributed by atoms with Crippen molar-refractivity contribution < 1.29 is 91.7 Å². The van der Waals surface area contributed by atoms with Gasteiger partial charge in [0.25, 0.3) is 0 Å². The molecule has 0 unspecified atom stereocenters. The highest BCUT2D eigenvalue weighted by Crippen LogP contribution is 2.20. The number of carboxylic acids is 1. The second-order valence-electron chi connectivity index (χ2n) is 27.2. The number of aromatic nitrogens is 3. The third-order valence-corrected chi connectivity index (χ3v) is 18.5. The molecule has 1 aliphatic rings. The van der Waals surface area contributed by atoms with Gasteiger partial charge in [-0.25, -0.2) is 4.98 Å². The molecule has 3 aromatic rings. The Balaban J connectivity index is 1.43. The van der Waals surface area contributed by atoms with E-state index < -0.39 is 206 Å². The number of carbonyl (C=O) groups is 17. The van der Waals surface area contributed by atoms with Gasteiger partial charge in [-0.2, -0.15) is 11.8 Å². The number of fused-ring (bicyclic) bond motifs is 1. The number of benzene rings is 1. The summed E-state index contributed by atoms with van der Waals surface area (Å²) >= 11 is 2.50. The third-order valence-electron chi connectivity index (χ3n) is 16.9. The van der Waals surface area contributed by atoms with E-state index in [9.17, 15) is 91.7 Å². The Morgan fingerprint density at radius 2 is 1.24 bits per heavy atom. The second kappa shape index (κ2) is 46.9. The number of likely N-dealkylation sites (N-methyl/N-ethyl adjacent to an activating group) is 1. The number of piperazine rings is 1. The van der Waals surface area contributed by atoms with Crippen LogP contribution in [0, 0.1) is 11.8 Å². The van der Waals surface area contributed by atoms with E-state index in [0.29, 0.717) is 27.9 Å². The number of nitrogens with two attached hydrogens (primary N) is 2. The first-order valence-corrected chi connectivity index (χ1v) is 38.0. The van der Waals surface area contributed by atoms with Gasteiger partial charge < -0.3 is 99.9 Å². The molecule has 16 amide bonds. The first kappa shape index (κ1) is 92.1. The number of aromatic amines is 2. The molecule has 0 radical (unpaired) electrons. The van der Waals surface area contributed by atoms with Crippen LogP contribution < -0.4 is 80.6 Å². The lowest BCUT2D eigenvalue weighted by molar-refractivity contribution is -0.142. The maximum absolute atomic E-state index is 14.6. The predicted octanol–water partition coefficient (Wildman–Crippen LogP) is -7.02. The van der Waals surface area contributed by atoms with Gasteiger partial charge >= 0.3 is 5.97 Å². The average Bonchev–Trinajstić information content (AvgIpc) is 1.65. The van der Waals surface area contributed by atoms with E-state index in [2.05, 4.69) is 84.1 Å². The molecule has 1 aromatic carbocycles. The topological polar surface area (TPSA) is 593 Å². The Bertz CT molecular complexity index is 3690. The average molecular weight is 1580 g/mol. The highest BCUT2D eigenvalue weighted by molar-refractivity contribution is 7.99. The maximum atomic E-state index is 14.6. The summed E-state index contributed by atoms with van der Waals surface area (Å²) < 4.78 is 0. The van der Waals surface area contributed by atoms with Gasteiger partial charge in [0.05, 0.1) is 63.5 Å². The summed E-state index contributed by atoms with van der Waals surface area (Å²) in [5.74, 6) is -15.0. The van der Waals surface area contributed by atoms with Gasteiger partial charge in [-0.15, -0.1) is 11.8 Å². The number of amides is 16. The van der Waals surface area contributed by atoms with Crippen molar-refractivity contribution in [1.82, 2.24) is 98.8 Å². The zero-order valence-corrected chi connectivity index (χ0v) is 64.6. The molecule has 40 nitrogen and oxygen atoms in total. The number of para-hydroxylation sites is 1. The molecule has 10 atom stereocenters. The standard InChI is InChI=1S/C68H105N21O19S2/c1-36(2)22-46(64(104)81-44(59(70)99)16-21-109-9)82-65(105)48(24-41-27-71-34-75-41)79-53(93)28-73-68(108)58(37(3)4)86-60(100)38(5)77-63(103)47(23-40-26-72-43-13-11-10-12-42(40)43)83-62(102)45(14-15-52(69)92)78-49(25-57(97)98)66(106)85-55(95)31-88-17-19-89(20-18-88)56(96)29-74-61(101)51(33-110-35-76-39(6)91)84-67(107)50(32-90)80-54(94)30-87(7)8/h10-13,26-27,34,36-38,44-51,58,72,78,90H,14-25,28-33,35H2,1-9H3,(H2,69,92)(H2,70,99)(H,71,75)(H,73,108)(H,74,101)(H,76,91)(H,77,103)(H,79,93)(H,80,94)(H,81,104)(H,82,105)(H,83,102)(H,84,107)(H,86,100)(H,97,98)(H,85,95,106)/t38-,44-,45-,46-,47-,48-,49-,50-,51-,58-/m0/s1. The van der Waals surface area contributed by atoms with Gasteiger partial charge in [0.2, 0.25) is 94.5 Å². The number of carboxylic acid groups (broad SMARTS) is 1. The van der Waals surface area contributed by atoms with Crippen LogP contribution >= 0.6 is 23.5 Å². The molecular formula is C68H105N21O19S2.